The third-order valence-electron chi connectivity index (χ3n) is 5.52. The van der Waals surface area contributed by atoms with Crippen molar-refractivity contribution in [1.29, 1.82) is 0 Å². The summed E-state index contributed by atoms with van der Waals surface area (Å²) in [6.07, 6.45) is 3.76. The quantitative estimate of drug-likeness (QED) is 0.557. The fraction of sp³-hybridized carbons (Fsp3) is 0.308. The summed E-state index contributed by atoms with van der Waals surface area (Å²) in [5.41, 5.74) is 1.57. The molecule has 1 heterocycles. The predicted octanol–water partition coefficient (Wildman–Crippen LogP) is 3.63. The number of ether oxygens (including phenoxy) is 2. The lowest BCUT2D eigenvalue weighted by Crippen LogP contribution is -2.33. The van der Waals surface area contributed by atoms with Crippen molar-refractivity contribution < 1.29 is 24.2 Å². The Labute approximate surface area is 194 Å². The lowest BCUT2D eigenvalue weighted by atomic mass is 9.95. The number of aliphatic hydroxyl groups excluding tert-OH is 1. The zero-order chi connectivity index (χ0) is 24.0. The second-order valence-electron chi connectivity index (χ2n) is 8.04. The molecule has 3 rings (SSSR count). The Morgan fingerprint density at radius 2 is 1.79 bits per heavy atom. The van der Waals surface area contributed by atoms with Crippen molar-refractivity contribution in [3.05, 3.63) is 77.1 Å². The van der Waals surface area contributed by atoms with Crippen molar-refractivity contribution in [2.24, 2.45) is 0 Å². The second kappa shape index (κ2) is 10.8. The highest BCUT2D eigenvalue weighted by molar-refractivity contribution is 6.14. The molecule has 0 saturated carbocycles. The molecule has 7 nitrogen and oxygen atoms in total. The summed E-state index contributed by atoms with van der Waals surface area (Å²) in [6, 6.07) is 13.9. The molecule has 0 radical (unpaired) electrons. The van der Waals surface area contributed by atoms with Crippen LogP contribution in [0.5, 0.6) is 11.5 Å². The Hall–Kier alpha value is -3.58. The van der Waals surface area contributed by atoms with Crippen LogP contribution in [0.3, 0.4) is 0 Å². The van der Waals surface area contributed by atoms with Gasteiger partial charge in [-0.3, -0.25) is 9.59 Å². The Balaban J connectivity index is 2.00. The largest absolute Gasteiger partial charge is 0.503 e. The molecule has 1 unspecified atom stereocenters. The van der Waals surface area contributed by atoms with Gasteiger partial charge in [-0.05, 0) is 56.4 Å². The van der Waals surface area contributed by atoms with Crippen LogP contribution in [0, 0.1) is 0 Å². The van der Waals surface area contributed by atoms with E-state index in [2.05, 4.69) is 0 Å². The topological polar surface area (TPSA) is 79.3 Å². The van der Waals surface area contributed by atoms with Gasteiger partial charge in [0, 0.05) is 6.54 Å². The summed E-state index contributed by atoms with van der Waals surface area (Å²) in [5, 5.41) is 10.7. The summed E-state index contributed by atoms with van der Waals surface area (Å²) < 4.78 is 10.8. The van der Waals surface area contributed by atoms with Crippen LogP contribution in [-0.4, -0.2) is 68.0 Å². The zero-order valence-electron chi connectivity index (χ0n) is 19.4. The lowest BCUT2D eigenvalue weighted by Gasteiger charge is -2.27. The van der Waals surface area contributed by atoms with E-state index in [-0.39, 0.29) is 5.57 Å². The van der Waals surface area contributed by atoms with Crippen LogP contribution in [0.4, 0.5) is 0 Å². The van der Waals surface area contributed by atoms with Crippen LogP contribution in [-0.2, 0) is 9.59 Å². The highest BCUT2D eigenvalue weighted by Crippen LogP contribution is 2.41. The molecule has 0 spiro atoms. The average Bonchev–Trinajstić information content (AvgIpc) is 3.07. The molecule has 2 aromatic rings. The minimum Gasteiger partial charge on any atom is -0.503 e. The van der Waals surface area contributed by atoms with Crippen LogP contribution in [0.25, 0.3) is 6.08 Å². The van der Waals surface area contributed by atoms with Gasteiger partial charge in [0.05, 0.1) is 25.8 Å². The van der Waals surface area contributed by atoms with Gasteiger partial charge in [0.15, 0.2) is 23.0 Å². The molecule has 0 aliphatic carbocycles. The molecule has 1 atom stereocenters. The molecule has 174 valence electrons. The summed E-state index contributed by atoms with van der Waals surface area (Å²) in [7, 11) is 6.98. The molecule has 33 heavy (non-hydrogen) atoms. The molecule has 1 N–H and O–H groups in total. The number of methoxy groups -OCH3 is 2. The summed E-state index contributed by atoms with van der Waals surface area (Å²) in [6.45, 7) is 1.15. The van der Waals surface area contributed by atoms with E-state index < -0.39 is 23.5 Å². The van der Waals surface area contributed by atoms with Crippen LogP contribution in [0.1, 0.15) is 23.6 Å². The third kappa shape index (κ3) is 5.43. The Morgan fingerprint density at radius 3 is 2.42 bits per heavy atom. The Morgan fingerprint density at radius 1 is 1.09 bits per heavy atom. The molecular weight excluding hydrogens is 420 g/mol. The Kier molecular flexibility index (Phi) is 7.90. The van der Waals surface area contributed by atoms with Gasteiger partial charge < -0.3 is 24.4 Å². The van der Waals surface area contributed by atoms with E-state index >= 15 is 0 Å². The van der Waals surface area contributed by atoms with Gasteiger partial charge in [-0.15, -0.1) is 0 Å². The molecule has 0 bridgehead atoms. The molecule has 0 fully saturated rings. The molecular formula is C26H30N2O5. The van der Waals surface area contributed by atoms with Gasteiger partial charge in [0.25, 0.3) is 5.91 Å². The predicted molar refractivity (Wildman–Crippen MR) is 127 cm³/mol. The van der Waals surface area contributed by atoms with E-state index in [0.717, 1.165) is 12.1 Å². The fourth-order valence-electron chi connectivity index (χ4n) is 3.89. The number of amides is 1. The van der Waals surface area contributed by atoms with Crippen molar-refractivity contribution in [3.8, 4) is 11.5 Å². The van der Waals surface area contributed by atoms with Crippen LogP contribution in [0.2, 0.25) is 0 Å². The molecule has 1 aliphatic heterocycles. The smallest absolute Gasteiger partial charge is 0.290 e. The van der Waals surface area contributed by atoms with Gasteiger partial charge in [0.1, 0.15) is 0 Å². The van der Waals surface area contributed by atoms with E-state index in [0.29, 0.717) is 30.0 Å². The second-order valence-corrected chi connectivity index (χ2v) is 8.04. The van der Waals surface area contributed by atoms with Crippen LogP contribution in [0.15, 0.2) is 65.9 Å². The molecule has 2 aromatic carbocycles. The number of carbonyl (C=O) groups excluding carboxylic acids is 2. The monoisotopic (exact) mass is 450 g/mol. The SMILES string of the molecule is COc1ccc(C2C(C(=O)C=Cc3ccccc3)=C(O)C(=O)N2CCCN(C)C)cc1OC. The van der Waals surface area contributed by atoms with Gasteiger partial charge in [-0.25, -0.2) is 0 Å². The number of benzene rings is 2. The number of rotatable bonds is 10. The molecule has 1 amide bonds. The van der Waals surface area contributed by atoms with Crippen LogP contribution < -0.4 is 9.47 Å². The van der Waals surface area contributed by atoms with E-state index in [1.807, 2.05) is 49.3 Å². The zero-order valence-corrected chi connectivity index (χ0v) is 19.4. The first-order valence-electron chi connectivity index (χ1n) is 10.8. The number of hydrogen-bond acceptors (Lipinski definition) is 6. The first kappa shape index (κ1) is 24.1. The highest BCUT2D eigenvalue weighted by Gasteiger charge is 2.42. The fourth-order valence-corrected chi connectivity index (χ4v) is 3.89. The van der Waals surface area contributed by atoms with E-state index in [1.54, 1.807) is 36.3 Å². The first-order valence-corrected chi connectivity index (χ1v) is 10.8. The Bertz CT molecular complexity index is 1060. The van der Waals surface area contributed by atoms with Crippen molar-refractivity contribution in [2.45, 2.75) is 12.5 Å². The highest BCUT2D eigenvalue weighted by atomic mass is 16.5. The van der Waals surface area contributed by atoms with E-state index in [9.17, 15) is 14.7 Å². The maximum atomic E-state index is 13.2. The number of hydrogen-bond donors (Lipinski definition) is 1. The standard InChI is InChI=1S/C26H30N2O5/c1-27(2)15-8-16-28-24(19-12-14-21(32-3)22(17-19)33-4)23(25(30)26(28)31)20(29)13-11-18-9-6-5-7-10-18/h5-7,9-14,17,24,30H,8,15-16H2,1-4H3. The molecule has 0 saturated heterocycles. The first-order chi connectivity index (χ1) is 15.9. The minimum absolute atomic E-state index is 0.0595. The van der Waals surface area contributed by atoms with Crippen molar-refractivity contribution >= 4 is 17.8 Å². The van der Waals surface area contributed by atoms with Crippen molar-refractivity contribution in [2.75, 3.05) is 41.4 Å². The number of ketones is 1. The minimum atomic E-state index is -0.729. The van der Waals surface area contributed by atoms with E-state index in [1.165, 1.54) is 13.2 Å². The van der Waals surface area contributed by atoms with Gasteiger partial charge in [0.2, 0.25) is 0 Å². The normalized spacial score (nSPS) is 16.2. The maximum absolute atomic E-state index is 13.2. The third-order valence-corrected chi connectivity index (χ3v) is 5.52. The van der Waals surface area contributed by atoms with Gasteiger partial charge in [-0.1, -0.05) is 42.5 Å². The molecule has 7 heteroatoms. The summed E-state index contributed by atoms with van der Waals surface area (Å²) in [4.78, 5) is 29.8. The molecule has 1 aliphatic rings. The lowest BCUT2D eigenvalue weighted by molar-refractivity contribution is -0.129. The van der Waals surface area contributed by atoms with Crippen molar-refractivity contribution in [3.63, 3.8) is 0 Å². The summed E-state index contributed by atoms with van der Waals surface area (Å²) >= 11 is 0. The number of allylic oxidation sites excluding steroid dienone is 1. The number of nitrogens with zero attached hydrogens (tertiary/aromatic N) is 2. The van der Waals surface area contributed by atoms with Gasteiger partial charge >= 0.3 is 0 Å². The van der Waals surface area contributed by atoms with Gasteiger partial charge in [-0.2, -0.15) is 0 Å². The average molecular weight is 451 g/mol. The van der Waals surface area contributed by atoms with E-state index in [4.69, 9.17) is 9.47 Å². The summed E-state index contributed by atoms with van der Waals surface area (Å²) in [5.74, 6) is -0.463. The van der Waals surface area contributed by atoms with Crippen LogP contribution >= 0.6 is 0 Å². The number of aliphatic hydroxyl groups is 1. The maximum Gasteiger partial charge on any atom is 0.290 e. The van der Waals surface area contributed by atoms with Crippen molar-refractivity contribution in [1.82, 2.24) is 9.80 Å². The number of carbonyl (C=O) groups is 2. The molecule has 0 aromatic heterocycles.